The number of carbonyl (C=O) groups is 3. The number of hydrogen-bond acceptors (Lipinski definition) is 4. The summed E-state index contributed by atoms with van der Waals surface area (Å²) in [4.78, 5) is 33.5. The maximum absolute atomic E-state index is 11.5. The summed E-state index contributed by atoms with van der Waals surface area (Å²) in [5.74, 6) is -1.75. The van der Waals surface area contributed by atoms with Crippen molar-refractivity contribution in [1.82, 2.24) is 5.32 Å². The lowest BCUT2D eigenvalue weighted by atomic mass is 10.0. The monoisotopic (exact) mass is 278 g/mol. The second kappa shape index (κ2) is 7.28. The van der Waals surface area contributed by atoms with Crippen LogP contribution in [-0.2, 0) is 25.5 Å². The van der Waals surface area contributed by atoms with E-state index in [1.54, 1.807) is 0 Å². The van der Waals surface area contributed by atoms with E-state index in [1.165, 1.54) is 6.92 Å². The molecule has 20 heavy (non-hydrogen) atoms. The number of rotatable bonds is 6. The van der Waals surface area contributed by atoms with Gasteiger partial charge in [-0.25, -0.2) is 0 Å². The fraction of sp³-hybridized carbons (Fsp3) is 0.357. The third kappa shape index (κ3) is 5.09. The molecule has 2 amide bonds. The second-order valence-electron chi connectivity index (χ2n) is 4.43. The Morgan fingerprint density at radius 1 is 1.30 bits per heavy atom. The van der Waals surface area contributed by atoms with E-state index >= 15 is 0 Å². The number of aryl methyl sites for hydroxylation is 1. The highest BCUT2D eigenvalue weighted by molar-refractivity contribution is 5.88. The molecule has 0 aliphatic rings. The zero-order valence-corrected chi connectivity index (χ0v) is 11.5. The topological polar surface area (TPSA) is 98.5 Å². The molecule has 3 N–H and O–H groups in total. The average Bonchev–Trinajstić information content (AvgIpc) is 2.38. The van der Waals surface area contributed by atoms with E-state index in [-0.39, 0.29) is 0 Å². The van der Waals surface area contributed by atoms with E-state index in [9.17, 15) is 14.4 Å². The Morgan fingerprint density at radius 2 is 1.95 bits per heavy atom. The summed E-state index contributed by atoms with van der Waals surface area (Å²) in [6.07, 6.45) is 0.299. The highest BCUT2D eigenvalue weighted by atomic mass is 16.5. The standard InChI is InChI=1S/C14H18N2O4/c1-9-5-3-4-6-11(9)7-12(14(15)19)16-13(18)8-20-10(2)17/h3-6,12H,7-8H2,1-2H3,(H2,15,19)(H,16,18)/t12-/m0/s1. The molecular weight excluding hydrogens is 260 g/mol. The Balaban J connectivity index is 2.66. The van der Waals surface area contributed by atoms with Crippen molar-refractivity contribution in [3.05, 3.63) is 35.4 Å². The minimum Gasteiger partial charge on any atom is -0.456 e. The van der Waals surface area contributed by atoms with Gasteiger partial charge in [0.2, 0.25) is 5.91 Å². The summed E-state index contributed by atoms with van der Waals surface area (Å²) < 4.78 is 4.56. The number of ether oxygens (including phenoxy) is 1. The van der Waals surface area contributed by atoms with Gasteiger partial charge in [-0.3, -0.25) is 14.4 Å². The van der Waals surface area contributed by atoms with E-state index in [4.69, 9.17) is 5.73 Å². The zero-order chi connectivity index (χ0) is 15.1. The Hall–Kier alpha value is -2.37. The first kappa shape index (κ1) is 15.7. The second-order valence-corrected chi connectivity index (χ2v) is 4.43. The van der Waals surface area contributed by atoms with Crippen LogP contribution in [0.15, 0.2) is 24.3 Å². The quantitative estimate of drug-likeness (QED) is 0.719. The Bertz CT molecular complexity index is 514. The predicted octanol–water partition coefficient (Wildman–Crippen LogP) is 0.0707. The van der Waals surface area contributed by atoms with Gasteiger partial charge in [-0.2, -0.15) is 0 Å². The molecule has 0 aliphatic heterocycles. The van der Waals surface area contributed by atoms with Gasteiger partial charge >= 0.3 is 5.97 Å². The van der Waals surface area contributed by atoms with Crippen LogP contribution in [0.4, 0.5) is 0 Å². The molecule has 108 valence electrons. The number of esters is 1. The Morgan fingerprint density at radius 3 is 2.50 bits per heavy atom. The van der Waals surface area contributed by atoms with Crippen molar-refractivity contribution < 1.29 is 19.1 Å². The van der Waals surface area contributed by atoms with E-state index in [1.807, 2.05) is 31.2 Å². The first-order valence-corrected chi connectivity index (χ1v) is 6.16. The summed E-state index contributed by atoms with van der Waals surface area (Å²) >= 11 is 0. The lowest BCUT2D eigenvalue weighted by Crippen LogP contribution is -2.47. The van der Waals surface area contributed by atoms with Gasteiger partial charge in [0.05, 0.1) is 0 Å². The third-order valence-electron chi connectivity index (χ3n) is 2.77. The molecule has 0 bridgehead atoms. The van der Waals surface area contributed by atoms with E-state index in [2.05, 4.69) is 10.1 Å². The fourth-order valence-corrected chi connectivity index (χ4v) is 1.68. The van der Waals surface area contributed by atoms with Gasteiger partial charge in [0.25, 0.3) is 5.91 Å². The third-order valence-corrected chi connectivity index (χ3v) is 2.77. The molecule has 0 unspecified atom stereocenters. The molecule has 1 aromatic carbocycles. The summed E-state index contributed by atoms with van der Waals surface area (Å²) in [5, 5.41) is 2.46. The van der Waals surface area contributed by atoms with Crippen molar-refractivity contribution in [2.45, 2.75) is 26.3 Å². The molecule has 0 aromatic heterocycles. The fourth-order valence-electron chi connectivity index (χ4n) is 1.68. The largest absolute Gasteiger partial charge is 0.456 e. The molecule has 0 saturated carbocycles. The summed E-state index contributed by atoms with van der Waals surface area (Å²) in [7, 11) is 0. The molecule has 0 radical (unpaired) electrons. The first-order chi connectivity index (χ1) is 9.40. The molecule has 0 fully saturated rings. The van der Waals surface area contributed by atoms with Gasteiger partial charge in [-0.1, -0.05) is 24.3 Å². The van der Waals surface area contributed by atoms with Gasteiger partial charge in [-0.05, 0) is 18.1 Å². The van der Waals surface area contributed by atoms with Gasteiger partial charge in [0, 0.05) is 13.3 Å². The molecule has 1 rings (SSSR count). The molecule has 6 nitrogen and oxygen atoms in total. The number of benzene rings is 1. The predicted molar refractivity (Wildman–Crippen MR) is 72.6 cm³/mol. The smallest absolute Gasteiger partial charge is 0.303 e. The maximum Gasteiger partial charge on any atom is 0.303 e. The zero-order valence-electron chi connectivity index (χ0n) is 11.5. The van der Waals surface area contributed by atoms with Crippen molar-refractivity contribution in [2.75, 3.05) is 6.61 Å². The van der Waals surface area contributed by atoms with Crippen LogP contribution < -0.4 is 11.1 Å². The molecule has 6 heteroatoms. The van der Waals surface area contributed by atoms with Crippen LogP contribution in [0, 0.1) is 6.92 Å². The van der Waals surface area contributed by atoms with E-state index in [0.29, 0.717) is 6.42 Å². The molecule has 0 spiro atoms. The first-order valence-electron chi connectivity index (χ1n) is 6.16. The maximum atomic E-state index is 11.5. The van der Waals surface area contributed by atoms with Gasteiger partial charge in [-0.15, -0.1) is 0 Å². The lowest BCUT2D eigenvalue weighted by Gasteiger charge is -2.16. The van der Waals surface area contributed by atoms with Crippen molar-refractivity contribution in [2.24, 2.45) is 5.73 Å². The van der Waals surface area contributed by atoms with Crippen LogP contribution in [0.2, 0.25) is 0 Å². The van der Waals surface area contributed by atoms with Gasteiger partial charge < -0.3 is 15.8 Å². The number of nitrogens with one attached hydrogen (secondary N) is 1. The van der Waals surface area contributed by atoms with E-state index in [0.717, 1.165) is 11.1 Å². The minimum absolute atomic E-state index is 0.299. The Kier molecular flexibility index (Phi) is 5.71. The number of hydrogen-bond donors (Lipinski definition) is 2. The normalized spacial score (nSPS) is 11.5. The highest BCUT2D eigenvalue weighted by Gasteiger charge is 2.19. The highest BCUT2D eigenvalue weighted by Crippen LogP contribution is 2.09. The summed E-state index contributed by atoms with van der Waals surface area (Å²) in [5.41, 5.74) is 7.21. The van der Waals surface area contributed by atoms with Gasteiger partial charge in [0.1, 0.15) is 6.04 Å². The summed E-state index contributed by atoms with van der Waals surface area (Å²) in [6.45, 7) is 2.69. The molecule has 1 aromatic rings. The molecule has 0 aliphatic carbocycles. The van der Waals surface area contributed by atoms with Crippen molar-refractivity contribution in [3.63, 3.8) is 0 Å². The molecular formula is C14H18N2O4. The number of nitrogens with two attached hydrogens (primary N) is 1. The number of primary amides is 1. The summed E-state index contributed by atoms with van der Waals surface area (Å²) in [6, 6.07) is 6.68. The van der Waals surface area contributed by atoms with Crippen LogP contribution in [0.3, 0.4) is 0 Å². The van der Waals surface area contributed by atoms with Crippen LogP contribution in [0.25, 0.3) is 0 Å². The Labute approximate surface area is 117 Å². The van der Waals surface area contributed by atoms with Crippen molar-refractivity contribution in [1.29, 1.82) is 0 Å². The minimum atomic E-state index is -0.834. The van der Waals surface area contributed by atoms with Crippen LogP contribution in [0.5, 0.6) is 0 Å². The van der Waals surface area contributed by atoms with Crippen LogP contribution in [0.1, 0.15) is 18.1 Å². The van der Waals surface area contributed by atoms with Gasteiger partial charge in [0.15, 0.2) is 6.61 Å². The molecule has 0 heterocycles. The molecule has 0 saturated heterocycles. The lowest BCUT2D eigenvalue weighted by molar-refractivity contribution is -0.146. The van der Waals surface area contributed by atoms with Crippen molar-refractivity contribution >= 4 is 17.8 Å². The SMILES string of the molecule is CC(=O)OCC(=O)N[C@@H](Cc1ccccc1C)C(N)=O. The van der Waals surface area contributed by atoms with Crippen LogP contribution >= 0.6 is 0 Å². The van der Waals surface area contributed by atoms with E-state index < -0.39 is 30.4 Å². The average molecular weight is 278 g/mol. The number of carbonyl (C=O) groups excluding carboxylic acids is 3. The van der Waals surface area contributed by atoms with Crippen molar-refractivity contribution in [3.8, 4) is 0 Å². The number of amides is 2. The molecule has 1 atom stereocenters. The van der Waals surface area contributed by atoms with Crippen LogP contribution in [-0.4, -0.2) is 30.4 Å².